The summed E-state index contributed by atoms with van der Waals surface area (Å²) in [6.45, 7) is 0.351. The second-order valence-corrected chi connectivity index (χ2v) is 10.0. The minimum atomic E-state index is -0.995. The number of carboxylic acid groups (broad SMARTS) is 1. The van der Waals surface area contributed by atoms with Gasteiger partial charge >= 0.3 is 5.97 Å². The van der Waals surface area contributed by atoms with E-state index in [1.807, 2.05) is 0 Å². The molecule has 184 valence electrons. The quantitative estimate of drug-likeness (QED) is 0.295. The Hall–Kier alpha value is -3.27. The van der Waals surface area contributed by atoms with Crippen molar-refractivity contribution in [3.05, 3.63) is 97.3 Å². The van der Waals surface area contributed by atoms with Crippen LogP contribution in [0.15, 0.2) is 70.0 Å². The van der Waals surface area contributed by atoms with Gasteiger partial charge in [-0.3, -0.25) is 14.5 Å². The third-order valence-electron chi connectivity index (χ3n) is 5.26. The molecule has 10 heteroatoms. The SMILES string of the molecule is COc1cc(/C=C2\SC(=O)N(Cc3ccc(Cl)cc3)C2=O)cc(Br)c1OCc1ccc(C(=O)O)cc1. The van der Waals surface area contributed by atoms with Crippen molar-refractivity contribution in [1.29, 1.82) is 0 Å². The first-order valence-corrected chi connectivity index (χ1v) is 12.6. The summed E-state index contributed by atoms with van der Waals surface area (Å²) in [6, 6.07) is 16.8. The highest BCUT2D eigenvalue weighted by Gasteiger charge is 2.35. The predicted octanol–water partition coefficient (Wildman–Crippen LogP) is 6.62. The lowest BCUT2D eigenvalue weighted by molar-refractivity contribution is -0.123. The molecule has 36 heavy (non-hydrogen) atoms. The Morgan fingerprint density at radius 3 is 2.39 bits per heavy atom. The molecule has 0 aliphatic carbocycles. The molecule has 1 saturated heterocycles. The van der Waals surface area contributed by atoms with Crippen LogP contribution >= 0.6 is 39.3 Å². The van der Waals surface area contributed by atoms with Crippen molar-refractivity contribution in [1.82, 2.24) is 4.90 Å². The molecule has 1 N–H and O–H groups in total. The van der Waals surface area contributed by atoms with Crippen molar-refractivity contribution < 1.29 is 29.0 Å². The third kappa shape index (κ3) is 5.92. The highest BCUT2D eigenvalue weighted by Crippen LogP contribution is 2.39. The van der Waals surface area contributed by atoms with E-state index >= 15 is 0 Å². The number of carbonyl (C=O) groups is 3. The number of thioether (sulfide) groups is 1. The van der Waals surface area contributed by atoms with Crippen molar-refractivity contribution in [3.63, 3.8) is 0 Å². The zero-order chi connectivity index (χ0) is 25.8. The molecule has 7 nitrogen and oxygen atoms in total. The summed E-state index contributed by atoms with van der Waals surface area (Å²) in [5.41, 5.74) is 2.42. The summed E-state index contributed by atoms with van der Waals surface area (Å²) in [4.78, 5) is 37.9. The maximum atomic E-state index is 12.9. The lowest BCUT2D eigenvalue weighted by Gasteiger charge is -2.14. The van der Waals surface area contributed by atoms with E-state index < -0.39 is 5.97 Å². The van der Waals surface area contributed by atoms with Gasteiger partial charge in [-0.05, 0) is 86.9 Å². The summed E-state index contributed by atoms with van der Waals surface area (Å²) in [6.07, 6.45) is 1.63. The molecule has 0 bridgehead atoms. The summed E-state index contributed by atoms with van der Waals surface area (Å²) in [5.74, 6) is -0.489. The van der Waals surface area contributed by atoms with Gasteiger partial charge in [-0.15, -0.1) is 0 Å². The molecule has 3 aromatic rings. The Kier molecular flexibility index (Phi) is 8.03. The smallest absolute Gasteiger partial charge is 0.335 e. The zero-order valence-corrected chi connectivity index (χ0v) is 22.0. The second kappa shape index (κ2) is 11.2. The maximum absolute atomic E-state index is 12.9. The average Bonchev–Trinajstić information content (AvgIpc) is 3.11. The van der Waals surface area contributed by atoms with Crippen LogP contribution in [0.5, 0.6) is 11.5 Å². The topological polar surface area (TPSA) is 93.1 Å². The maximum Gasteiger partial charge on any atom is 0.335 e. The third-order valence-corrected chi connectivity index (χ3v) is 7.01. The number of aromatic carboxylic acids is 1. The summed E-state index contributed by atoms with van der Waals surface area (Å²) >= 11 is 10.3. The van der Waals surface area contributed by atoms with Crippen LogP contribution in [-0.4, -0.2) is 34.2 Å². The van der Waals surface area contributed by atoms with Gasteiger partial charge in [0.1, 0.15) is 6.61 Å². The Bertz CT molecular complexity index is 1360. The largest absolute Gasteiger partial charge is 0.493 e. The molecule has 1 aliphatic rings. The first-order chi connectivity index (χ1) is 17.2. The number of methoxy groups -OCH3 is 1. The van der Waals surface area contributed by atoms with E-state index in [0.717, 1.165) is 22.9 Å². The molecule has 0 saturated carbocycles. The molecule has 0 unspecified atom stereocenters. The summed E-state index contributed by atoms with van der Waals surface area (Å²) in [5, 5.41) is 9.26. The standard InChI is InChI=1S/C26H19BrClNO6S/c1-34-21-11-17(10-20(27)23(21)35-14-16-2-6-18(7-3-16)25(31)32)12-22-24(30)29(26(33)36-22)13-15-4-8-19(28)9-5-15/h2-12H,13-14H2,1H3,(H,31,32)/b22-12-. The van der Waals surface area contributed by atoms with Crippen LogP contribution in [0, 0.1) is 0 Å². The number of carboxylic acids is 1. The van der Waals surface area contributed by atoms with Crippen LogP contribution in [0.4, 0.5) is 4.79 Å². The van der Waals surface area contributed by atoms with Gasteiger partial charge < -0.3 is 14.6 Å². The monoisotopic (exact) mass is 587 g/mol. The van der Waals surface area contributed by atoms with Crippen LogP contribution in [0.2, 0.25) is 5.02 Å². The van der Waals surface area contributed by atoms with Gasteiger partial charge in [0.15, 0.2) is 11.5 Å². The molecule has 0 atom stereocenters. The fraction of sp³-hybridized carbons (Fsp3) is 0.115. The lowest BCUT2D eigenvalue weighted by Crippen LogP contribution is -2.27. The molecule has 4 rings (SSSR count). The molecule has 0 aromatic heterocycles. The molecular weight excluding hydrogens is 570 g/mol. The molecule has 1 heterocycles. The van der Waals surface area contributed by atoms with Crippen molar-refractivity contribution >= 4 is 62.5 Å². The Morgan fingerprint density at radius 2 is 1.75 bits per heavy atom. The number of amides is 2. The van der Waals surface area contributed by atoms with Crippen molar-refractivity contribution in [2.24, 2.45) is 0 Å². The predicted molar refractivity (Wildman–Crippen MR) is 141 cm³/mol. The Labute approximate surface area is 224 Å². The number of benzene rings is 3. The minimum absolute atomic E-state index is 0.159. The number of halogens is 2. The molecule has 1 fully saturated rings. The number of hydrogen-bond acceptors (Lipinski definition) is 6. The normalized spacial score (nSPS) is 14.4. The number of ether oxygens (including phenoxy) is 2. The second-order valence-electron chi connectivity index (χ2n) is 7.72. The molecule has 3 aromatic carbocycles. The van der Waals surface area contributed by atoms with Gasteiger partial charge in [0.05, 0.1) is 28.6 Å². The van der Waals surface area contributed by atoms with Crippen LogP contribution in [-0.2, 0) is 17.9 Å². The van der Waals surface area contributed by atoms with Crippen molar-refractivity contribution in [3.8, 4) is 11.5 Å². The van der Waals surface area contributed by atoms with Crippen LogP contribution < -0.4 is 9.47 Å². The first-order valence-electron chi connectivity index (χ1n) is 10.6. The highest BCUT2D eigenvalue weighted by molar-refractivity contribution is 9.10. The van der Waals surface area contributed by atoms with E-state index in [0.29, 0.717) is 31.5 Å². The average molecular weight is 589 g/mol. The van der Waals surface area contributed by atoms with E-state index in [2.05, 4.69) is 15.9 Å². The van der Waals surface area contributed by atoms with E-state index in [1.165, 1.54) is 24.1 Å². The van der Waals surface area contributed by atoms with Gasteiger partial charge in [0.2, 0.25) is 0 Å². The van der Waals surface area contributed by atoms with E-state index in [-0.39, 0.29) is 29.9 Å². The van der Waals surface area contributed by atoms with Crippen molar-refractivity contribution in [2.45, 2.75) is 13.2 Å². The van der Waals surface area contributed by atoms with E-state index in [4.69, 9.17) is 26.2 Å². The number of carbonyl (C=O) groups excluding carboxylic acids is 2. The number of nitrogens with zero attached hydrogens (tertiary/aromatic N) is 1. The fourth-order valence-electron chi connectivity index (χ4n) is 3.42. The molecule has 0 spiro atoms. The van der Waals surface area contributed by atoms with Gasteiger partial charge in [-0.1, -0.05) is 35.9 Å². The number of hydrogen-bond donors (Lipinski definition) is 1. The van der Waals surface area contributed by atoms with Crippen molar-refractivity contribution in [2.75, 3.05) is 7.11 Å². The highest BCUT2D eigenvalue weighted by atomic mass is 79.9. The molecule has 2 amide bonds. The lowest BCUT2D eigenvalue weighted by atomic mass is 10.1. The van der Waals surface area contributed by atoms with Crippen LogP contribution in [0.25, 0.3) is 6.08 Å². The molecule has 0 radical (unpaired) electrons. The number of imide groups is 1. The Morgan fingerprint density at radius 1 is 1.08 bits per heavy atom. The van der Waals surface area contributed by atoms with Gasteiger partial charge in [0.25, 0.3) is 11.1 Å². The first kappa shape index (κ1) is 25.8. The molecular formula is C26H19BrClNO6S. The van der Waals surface area contributed by atoms with E-state index in [9.17, 15) is 14.4 Å². The van der Waals surface area contributed by atoms with Crippen LogP contribution in [0.1, 0.15) is 27.0 Å². The number of rotatable bonds is 8. The summed E-state index contributed by atoms with van der Waals surface area (Å²) in [7, 11) is 1.50. The fourth-order valence-corrected chi connectivity index (χ4v) is 4.96. The van der Waals surface area contributed by atoms with Gasteiger partial charge in [0, 0.05) is 5.02 Å². The van der Waals surface area contributed by atoms with E-state index in [1.54, 1.807) is 54.6 Å². The zero-order valence-electron chi connectivity index (χ0n) is 18.9. The summed E-state index contributed by atoms with van der Waals surface area (Å²) < 4.78 is 12.0. The van der Waals surface area contributed by atoms with Gasteiger partial charge in [-0.25, -0.2) is 4.79 Å². The Balaban J connectivity index is 1.50. The molecule has 1 aliphatic heterocycles. The minimum Gasteiger partial charge on any atom is -0.493 e. The van der Waals surface area contributed by atoms with Crippen LogP contribution in [0.3, 0.4) is 0 Å². The van der Waals surface area contributed by atoms with Gasteiger partial charge in [-0.2, -0.15) is 0 Å².